The van der Waals surface area contributed by atoms with E-state index in [1.807, 2.05) is 66.7 Å². The molecular weight excluding hydrogens is 462 g/mol. The summed E-state index contributed by atoms with van der Waals surface area (Å²) in [6, 6.07) is 28.1. The first-order valence-electron chi connectivity index (χ1n) is 11.3. The first-order chi connectivity index (χ1) is 17.1. The van der Waals surface area contributed by atoms with Crippen LogP contribution in [-0.4, -0.2) is 18.5 Å². The Balaban J connectivity index is 1.73. The highest BCUT2D eigenvalue weighted by Gasteiger charge is 2.38. The molecule has 1 aliphatic rings. The van der Waals surface area contributed by atoms with E-state index in [1.165, 1.54) is 0 Å². The van der Waals surface area contributed by atoms with Crippen molar-refractivity contribution in [2.45, 2.75) is 12.8 Å². The second kappa shape index (κ2) is 9.65. The molecule has 4 aromatic rings. The van der Waals surface area contributed by atoms with E-state index in [4.69, 9.17) is 21.1 Å². The monoisotopic (exact) mass is 483 g/mol. The van der Waals surface area contributed by atoms with Gasteiger partial charge in [-0.2, -0.15) is 0 Å². The van der Waals surface area contributed by atoms with Crippen LogP contribution in [0.5, 0.6) is 5.75 Å². The first-order valence-corrected chi connectivity index (χ1v) is 11.7. The maximum Gasteiger partial charge on any atom is 0.340 e. The highest BCUT2D eigenvalue weighted by molar-refractivity contribution is 6.33. The molecule has 0 saturated carbocycles. The number of carbonyl (C=O) groups excluding carboxylic acids is 2. The summed E-state index contributed by atoms with van der Waals surface area (Å²) in [6.45, 7) is 1.92. The zero-order valence-electron chi connectivity index (χ0n) is 19.0. The minimum absolute atomic E-state index is 0.0324. The van der Waals surface area contributed by atoms with Crippen molar-refractivity contribution in [2.75, 3.05) is 6.61 Å². The van der Waals surface area contributed by atoms with Gasteiger partial charge >= 0.3 is 5.97 Å². The molecule has 1 heterocycles. The fourth-order valence-electron chi connectivity index (χ4n) is 4.41. The van der Waals surface area contributed by atoms with E-state index in [0.29, 0.717) is 10.8 Å². The number of nitrogens with one attached hydrogen (secondary N) is 1. The lowest BCUT2D eigenvalue weighted by atomic mass is 9.80. The van der Waals surface area contributed by atoms with Crippen molar-refractivity contribution in [3.8, 4) is 5.75 Å². The lowest BCUT2D eigenvalue weighted by molar-refractivity contribution is -0.139. The normalized spacial score (nSPS) is 14.7. The van der Waals surface area contributed by atoms with Crippen LogP contribution < -0.4 is 10.1 Å². The molecule has 5 nitrogen and oxygen atoms in total. The number of esters is 1. The van der Waals surface area contributed by atoms with Gasteiger partial charge in [-0.3, -0.25) is 10.1 Å². The number of carbonyl (C=O) groups is 2. The van der Waals surface area contributed by atoms with E-state index in [0.717, 1.165) is 21.9 Å². The molecule has 4 aromatic carbocycles. The molecule has 0 saturated heterocycles. The Morgan fingerprint density at radius 3 is 2.40 bits per heavy atom. The SMILES string of the molecule is CCOC(=O)C1=C(NC(=O)c2ccccc2Cl)Oc2ccc3ccccc3c2C1c1ccccc1. The summed E-state index contributed by atoms with van der Waals surface area (Å²) in [5.41, 5.74) is 2.21. The zero-order valence-corrected chi connectivity index (χ0v) is 19.7. The van der Waals surface area contributed by atoms with E-state index in [9.17, 15) is 9.59 Å². The minimum atomic E-state index is -0.561. The van der Waals surface area contributed by atoms with Gasteiger partial charge in [0.1, 0.15) is 11.3 Å². The molecule has 0 aliphatic carbocycles. The van der Waals surface area contributed by atoms with Crippen molar-refractivity contribution in [2.24, 2.45) is 0 Å². The Kier molecular flexibility index (Phi) is 6.25. The number of hydrogen-bond acceptors (Lipinski definition) is 4. The molecular formula is C29H22ClNO4. The van der Waals surface area contributed by atoms with Crippen molar-refractivity contribution in [1.82, 2.24) is 5.32 Å². The van der Waals surface area contributed by atoms with E-state index in [-0.39, 0.29) is 23.6 Å². The van der Waals surface area contributed by atoms with Gasteiger partial charge in [-0.1, -0.05) is 84.4 Å². The highest BCUT2D eigenvalue weighted by atomic mass is 35.5. The van der Waals surface area contributed by atoms with Crippen LogP contribution >= 0.6 is 11.6 Å². The Morgan fingerprint density at radius 2 is 1.63 bits per heavy atom. The van der Waals surface area contributed by atoms with Crippen LogP contribution in [0, 0.1) is 0 Å². The second-order valence-corrected chi connectivity index (χ2v) is 8.45. The van der Waals surface area contributed by atoms with Gasteiger partial charge in [0.15, 0.2) is 0 Å². The average Bonchev–Trinajstić information content (AvgIpc) is 2.88. The molecule has 0 fully saturated rings. The maximum atomic E-state index is 13.4. The third kappa shape index (κ3) is 4.27. The fraction of sp³-hybridized carbons (Fsp3) is 0.103. The molecule has 0 bridgehead atoms. The molecule has 5 rings (SSSR count). The summed E-state index contributed by atoms with van der Waals surface area (Å²) >= 11 is 6.25. The Bertz CT molecular complexity index is 1460. The third-order valence-corrected chi connectivity index (χ3v) is 6.27. The summed E-state index contributed by atoms with van der Waals surface area (Å²) in [4.78, 5) is 26.6. The quantitative estimate of drug-likeness (QED) is 0.342. The van der Waals surface area contributed by atoms with Crippen LogP contribution in [0.4, 0.5) is 0 Å². The number of ether oxygens (including phenoxy) is 2. The van der Waals surface area contributed by atoms with Crippen molar-refractivity contribution in [1.29, 1.82) is 0 Å². The molecule has 1 amide bonds. The molecule has 1 atom stereocenters. The van der Waals surface area contributed by atoms with Crippen molar-refractivity contribution in [3.05, 3.63) is 124 Å². The van der Waals surface area contributed by atoms with Gasteiger partial charge in [0.2, 0.25) is 5.88 Å². The van der Waals surface area contributed by atoms with Gasteiger partial charge < -0.3 is 9.47 Å². The van der Waals surface area contributed by atoms with Gasteiger partial charge in [0.25, 0.3) is 5.91 Å². The Hall–Kier alpha value is -4.09. The summed E-state index contributed by atoms with van der Waals surface area (Å²) in [5.74, 6) is -0.977. The van der Waals surface area contributed by atoms with Gasteiger partial charge in [0, 0.05) is 5.56 Å². The summed E-state index contributed by atoms with van der Waals surface area (Å²) in [7, 11) is 0. The molecule has 1 aliphatic heterocycles. The molecule has 6 heteroatoms. The van der Waals surface area contributed by atoms with Gasteiger partial charge in [0.05, 0.1) is 23.1 Å². The number of halogens is 1. The predicted octanol–water partition coefficient (Wildman–Crippen LogP) is 6.22. The number of benzene rings is 4. The Morgan fingerprint density at radius 1 is 0.914 bits per heavy atom. The molecule has 0 spiro atoms. The molecule has 1 unspecified atom stereocenters. The predicted molar refractivity (Wildman–Crippen MR) is 135 cm³/mol. The van der Waals surface area contributed by atoms with Gasteiger partial charge in [-0.15, -0.1) is 0 Å². The fourth-order valence-corrected chi connectivity index (χ4v) is 4.63. The van der Waals surface area contributed by atoms with Crippen LogP contribution in [0.25, 0.3) is 10.8 Å². The molecule has 0 aromatic heterocycles. The van der Waals surface area contributed by atoms with Crippen LogP contribution in [0.3, 0.4) is 0 Å². The number of fused-ring (bicyclic) bond motifs is 3. The smallest absolute Gasteiger partial charge is 0.340 e. The minimum Gasteiger partial charge on any atom is -0.462 e. The van der Waals surface area contributed by atoms with E-state index >= 15 is 0 Å². The van der Waals surface area contributed by atoms with Crippen LogP contribution in [-0.2, 0) is 9.53 Å². The topological polar surface area (TPSA) is 64.6 Å². The van der Waals surface area contributed by atoms with E-state index in [2.05, 4.69) is 5.32 Å². The molecule has 174 valence electrons. The van der Waals surface area contributed by atoms with Crippen LogP contribution in [0.15, 0.2) is 102 Å². The number of hydrogen-bond donors (Lipinski definition) is 1. The Labute approximate surface area is 207 Å². The van der Waals surface area contributed by atoms with E-state index in [1.54, 1.807) is 31.2 Å². The van der Waals surface area contributed by atoms with Gasteiger partial charge in [-0.05, 0) is 41.5 Å². The molecule has 0 radical (unpaired) electrons. The van der Waals surface area contributed by atoms with Crippen LogP contribution in [0.2, 0.25) is 5.02 Å². The lowest BCUT2D eigenvalue weighted by Gasteiger charge is -2.31. The van der Waals surface area contributed by atoms with Crippen molar-refractivity contribution >= 4 is 34.2 Å². The largest absolute Gasteiger partial charge is 0.462 e. The van der Waals surface area contributed by atoms with Crippen LogP contribution in [0.1, 0.15) is 34.3 Å². The second-order valence-electron chi connectivity index (χ2n) is 8.04. The maximum absolute atomic E-state index is 13.4. The third-order valence-electron chi connectivity index (χ3n) is 5.94. The standard InChI is InChI=1S/C29H22ClNO4/c1-2-34-29(33)26-24(19-11-4-3-5-12-19)25-20-13-7-6-10-18(20)16-17-23(25)35-28(26)31-27(32)21-14-8-9-15-22(21)30/h3-17,24H,2H2,1H3,(H,31,32). The highest BCUT2D eigenvalue weighted by Crippen LogP contribution is 2.46. The first kappa shape index (κ1) is 22.7. The lowest BCUT2D eigenvalue weighted by Crippen LogP contribution is -2.34. The zero-order chi connectivity index (χ0) is 24.4. The number of rotatable bonds is 5. The molecule has 1 N–H and O–H groups in total. The van der Waals surface area contributed by atoms with Crippen molar-refractivity contribution in [3.63, 3.8) is 0 Å². The molecule has 35 heavy (non-hydrogen) atoms. The van der Waals surface area contributed by atoms with Crippen molar-refractivity contribution < 1.29 is 19.1 Å². The summed E-state index contributed by atoms with van der Waals surface area (Å²) in [6.07, 6.45) is 0. The summed E-state index contributed by atoms with van der Waals surface area (Å²) in [5, 5.41) is 5.06. The number of amides is 1. The van der Waals surface area contributed by atoms with Gasteiger partial charge in [-0.25, -0.2) is 4.79 Å². The summed E-state index contributed by atoms with van der Waals surface area (Å²) < 4.78 is 11.7. The average molecular weight is 484 g/mol. The van der Waals surface area contributed by atoms with E-state index < -0.39 is 17.8 Å².